The molecule has 0 fully saturated rings. The average Bonchev–Trinajstić information content (AvgIpc) is 3.22. The molecule has 0 aliphatic carbocycles. The summed E-state index contributed by atoms with van der Waals surface area (Å²) in [6.45, 7) is 1.91. The zero-order chi connectivity index (χ0) is 23.2. The number of carbonyl (C=O) groups is 2. The molecule has 166 valence electrons. The van der Waals surface area contributed by atoms with Crippen molar-refractivity contribution in [2.24, 2.45) is 0 Å². The van der Waals surface area contributed by atoms with Crippen molar-refractivity contribution in [2.45, 2.75) is 13.5 Å². The van der Waals surface area contributed by atoms with Gasteiger partial charge < -0.3 is 14.8 Å². The van der Waals surface area contributed by atoms with Gasteiger partial charge in [-0.15, -0.1) is 0 Å². The second-order valence-corrected chi connectivity index (χ2v) is 7.36. The first-order valence-corrected chi connectivity index (χ1v) is 10.4. The number of aromatic nitrogens is 2. The number of carbonyl (C=O) groups excluding carboxylic acids is 2. The Morgan fingerprint density at radius 3 is 2.61 bits per heavy atom. The van der Waals surface area contributed by atoms with Crippen LogP contribution in [0.15, 0.2) is 79.0 Å². The molecule has 0 spiro atoms. The molecule has 1 N–H and O–H groups in total. The van der Waals surface area contributed by atoms with E-state index in [0.717, 1.165) is 16.5 Å². The Morgan fingerprint density at radius 2 is 1.85 bits per heavy atom. The number of hydrogen-bond donors (Lipinski definition) is 1. The van der Waals surface area contributed by atoms with Crippen molar-refractivity contribution in [3.63, 3.8) is 0 Å². The first kappa shape index (κ1) is 21.8. The average molecular weight is 441 g/mol. The zero-order valence-electron chi connectivity index (χ0n) is 18.3. The fourth-order valence-corrected chi connectivity index (χ4v) is 3.50. The van der Waals surface area contributed by atoms with Crippen LogP contribution >= 0.6 is 0 Å². The number of ether oxygens (including phenoxy) is 2. The maximum Gasteiger partial charge on any atom is 0.308 e. The number of amides is 1. The molecule has 0 radical (unpaired) electrons. The Kier molecular flexibility index (Phi) is 6.50. The Bertz CT molecular complexity index is 1330. The number of hydrogen-bond acceptors (Lipinski definition) is 5. The first-order valence-electron chi connectivity index (χ1n) is 10.4. The number of nitrogens with zero attached hydrogens (tertiary/aromatic N) is 2. The summed E-state index contributed by atoms with van der Waals surface area (Å²) in [5, 5.41) is 8.37. The fourth-order valence-electron chi connectivity index (χ4n) is 3.50. The van der Waals surface area contributed by atoms with Gasteiger partial charge >= 0.3 is 5.97 Å². The number of para-hydroxylation sites is 1. The van der Waals surface area contributed by atoms with Gasteiger partial charge in [0.1, 0.15) is 0 Å². The van der Waals surface area contributed by atoms with Gasteiger partial charge in [0.15, 0.2) is 11.5 Å². The molecule has 4 aromatic rings. The van der Waals surface area contributed by atoms with Crippen molar-refractivity contribution in [3.8, 4) is 11.5 Å². The topological polar surface area (TPSA) is 82.4 Å². The quantitative estimate of drug-likeness (QED) is 0.256. The number of esters is 1. The van der Waals surface area contributed by atoms with Crippen LogP contribution in [0.5, 0.6) is 11.5 Å². The van der Waals surface area contributed by atoms with Crippen molar-refractivity contribution in [2.75, 3.05) is 12.4 Å². The fraction of sp³-hybridized carbons (Fsp3) is 0.115. The SMILES string of the molecule is COc1ccc(/C=C/C(=O)Nc2cccc3cnn(Cc4ccccc4)c23)cc1OC(C)=O. The monoisotopic (exact) mass is 441 g/mol. The molecule has 33 heavy (non-hydrogen) atoms. The summed E-state index contributed by atoms with van der Waals surface area (Å²) in [5.74, 6) is -0.0144. The second kappa shape index (κ2) is 9.82. The minimum absolute atomic E-state index is 0.292. The van der Waals surface area contributed by atoms with E-state index >= 15 is 0 Å². The van der Waals surface area contributed by atoms with E-state index in [-0.39, 0.29) is 5.91 Å². The Hall–Kier alpha value is -4.39. The molecule has 1 amide bonds. The van der Waals surface area contributed by atoms with Crippen molar-refractivity contribution >= 4 is 34.5 Å². The maximum atomic E-state index is 12.7. The van der Waals surface area contributed by atoms with Crippen LogP contribution in [0.4, 0.5) is 5.69 Å². The van der Waals surface area contributed by atoms with Crippen LogP contribution in [0.2, 0.25) is 0 Å². The van der Waals surface area contributed by atoms with Gasteiger partial charge in [0.25, 0.3) is 0 Å². The molecular formula is C26H23N3O4. The summed E-state index contributed by atoms with van der Waals surface area (Å²) >= 11 is 0. The molecule has 0 aliphatic heterocycles. The molecule has 7 heteroatoms. The molecule has 0 saturated carbocycles. The molecule has 0 aliphatic rings. The second-order valence-electron chi connectivity index (χ2n) is 7.36. The zero-order valence-corrected chi connectivity index (χ0v) is 18.3. The lowest BCUT2D eigenvalue weighted by atomic mass is 10.1. The molecule has 0 saturated heterocycles. The Labute approximate surface area is 191 Å². The summed E-state index contributed by atoms with van der Waals surface area (Å²) in [5.41, 5.74) is 3.33. The molecular weight excluding hydrogens is 418 g/mol. The number of nitrogens with one attached hydrogen (secondary N) is 1. The van der Waals surface area contributed by atoms with Gasteiger partial charge in [-0.3, -0.25) is 14.3 Å². The third kappa shape index (κ3) is 5.27. The van der Waals surface area contributed by atoms with Crippen LogP contribution in [0.3, 0.4) is 0 Å². The van der Waals surface area contributed by atoms with E-state index in [0.29, 0.717) is 29.3 Å². The molecule has 1 aromatic heterocycles. The number of benzene rings is 3. The molecule has 1 heterocycles. The minimum atomic E-state index is -0.451. The summed E-state index contributed by atoms with van der Waals surface area (Å²) in [7, 11) is 1.49. The maximum absolute atomic E-state index is 12.7. The predicted octanol–water partition coefficient (Wildman–Crippen LogP) is 4.67. The van der Waals surface area contributed by atoms with Gasteiger partial charge in [-0.05, 0) is 35.4 Å². The van der Waals surface area contributed by atoms with Crippen LogP contribution in [-0.2, 0) is 16.1 Å². The first-order chi connectivity index (χ1) is 16.0. The number of rotatable bonds is 7. The van der Waals surface area contributed by atoms with Gasteiger partial charge in [0, 0.05) is 18.4 Å². The van der Waals surface area contributed by atoms with Crippen LogP contribution in [-0.4, -0.2) is 28.8 Å². The van der Waals surface area contributed by atoms with E-state index in [9.17, 15) is 9.59 Å². The smallest absolute Gasteiger partial charge is 0.308 e. The van der Waals surface area contributed by atoms with Crippen molar-refractivity contribution < 1.29 is 19.1 Å². The van der Waals surface area contributed by atoms with E-state index in [1.807, 2.05) is 53.2 Å². The van der Waals surface area contributed by atoms with Crippen molar-refractivity contribution in [3.05, 3.63) is 90.1 Å². The predicted molar refractivity (Wildman–Crippen MR) is 127 cm³/mol. The van der Waals surface area contributed by atoms with Gasteiger partial charge in [-0.1, -0.05) is 48.5 Å². The Balaban J connectivity index is 1.54. The summed E-state index contributed by atoms with van der Waals surface area (Å²) in [4.78, 5) is 24.0. The van der Waals surface area contributed by atoms with Crippen LogP contribution in [0.1, 0.15) is 18.1 Å². The van der Waals surface area contributed by atoms with E-state index in [2.05, 4.69) is 10.4 Å². The van der Waals surface area contributed by atoms with Crippen molar-refractivity contribution in [1.82, 2.24) is 9.78 Å². The molecule has 4 rings (SSSR count). The minimum Gasteiger partial charge on any atom is -0.493 e. The summed E-state index contributed by atoms with van der Waals surface area (Å²) in [6, 6.07) is 20.8. The molecule has 3 aromatic carbocycles. The number of methoxy groups -OCH3 is 1. The molecule has 0 unspecified atom stereocenters. The van der Waals surface area contributed by atoms with Crippen LogP contribution in [0.25, 0.3) is 17.0 Å². The summed E-state index contributed by atoms with van der Waals surface area (Å²) < 4.78 is 12.3. The highest BCUT2D eigenvalue weighted by Gasteiger charge is 2.11. The lowest BCUT2D eigenvalue weighted by Gasteiger charge is -2.09. The third-order valence-corrected chi connectivity index (χ3v) is 4.96. The van der Waals surface area contributed by atoms with Gasteiger partial charge in [-0.2, -0.15) is 5.10 Å². The van der Waals surface area contributed by atoms with Crippen LogP contribution in [0, 0.1) is 0 Å². The highest BCUT2D eigenvalue weighted by atomic mass is 16.6. The van der Waals surface area contributed by atoms with Crippen molar-refractivity contribution in [1.29, 1.82) is 0 Å². The highest BCUT2D eigenvalue weighted by molar-refractivity contribution is 6.06. The van der Waals surface area contributed by atoms with E-state index in [1.54, 1.807) is 30.5 Å². The van der Waals surface area contributed by atoms with Gasteiger partial charge in [0.2, 0.25) is 5.91 Å². The highest BCUT2D eigenvalue weighted by Crippen LogP contribution is 2.29. The molecule has 7 nitrogen and oxygen atoms in total. The lowest BCUT2D eigenvalue weighted by molar-refractivity contribution is -0.132. The van der Waals surface area contributed by atoms with Crippen LogP contribution < -0.4 is 14.8 Å². The largest absolute Gasteiger partial charge is 0.493 e. The Morgan fingerprint density at radius 1 is 1.03 bits per heavy atom. The van der Waals surface area contributed by atoms with E-state index in [4.69, 9.17) is 9.47 Å². The van der Waals surface area contributed by atoms with E-state index < -0.39 is 5.97 Å². The third-order valence-electron chi connectivity index (χ3n) is 4.96. The van der Waals surface area contributed by atoms with Gasteiger partial charge in [-0.25, -0.2) is 0 Å². The summed E-state index contributed by atoms with van der Waals surface area (Å²) in [6.07, 6.45) is 4.86. The number of anilines is 1. The normalized spacial score (nSPS) is 11.0. The standard InChI is InChI=1S/C26H23N3O4/c1-18(30)33-24-15-19(11-13-23(24)32-2)12-14-25(31)28-22-10-6-9-21-16-27-29(26(21)22)17-20-7-4-3-5-8-20/h3-16H,17H2,1-2H3,(H,28,31)/b14-12+. The molecule has 0 atom stereocenters. The molecule has 0 bridgehead atoms. The van der Waals surface area contributed by atoms with Gasteiger partial charge in [0.05, 0.1) is 31.1 Å². The lowest BCUT2D eigenvalue weighted by Crippen LogP contribution is -2.10. The van der Waals surface area contributed by atoms with E-state index in [1.165, 1.54) is 20.1 Å². The number of fused-ring (bicyclic) bond motifs is 1.